The summed E-state index contributed by atoms with van der Waals surface area (Å²) >= 11 is 0. The minimum absolute atomic E-state index is 0.610. The summed E-state index contributed by atoms with van der Waals surface area (Å²) in [5.74, 6) is 0.610. The Hall–Kier alpha value is -2.55. The van der Waals surface area contributed by atoms with Crippen LogP contribution in [0.1, 0.15) is 5.56 Å². The number of hydrogen-bond donors (Lipinski definition) is 0. The van der Waals surface area contributed by atoms with Gasteiger partial charge in [-0.15, -0.1) is 0 Å². The third kappa shape index (κ3) is 1.55. The predicted molar refractivity (Wildman–Crippen MR) is 74.0 cm³/mol. The highest BCUT2D eigenvalue weighted by molar-refractivity contribution is 6.05. The summed E-state index contributed by atoms with van der Waals surface area (Å²) in [7, 11) is 0. The molecule has 0 radical (unpaired) electrons. The van der Waals surface area contributed by atoms with Gasteiger partial charge in [-0.2, -0.15) is 0 Å². The topological polar surface area (TPSA) is 39.2 Å². The van der Waals surface area contributed by atoms with Crippen LogP contribution in [0.5, 0.6) is 0 Å². The smallest absolute Gasteiger partial charge is 0.225 e. The molecule has 4 rings (SSSR count). The van der Waals surface area contributed by atoms with Gasteiger partial charge in [-0.1, -0.05) is 12.1 Å². The van der Waals surface area contributed by atoms with Gasteiger partial charge in [-0.3, -0.25) is 0 Å². The normalized spacial score (nSPS) is 11.4. The molecule has 0 saturated carbocycles. The van der Waals surface area contributed by atoms with E-state index < -0.39 is 0 Å². The highest BCUT2D eigenvalue weighted by atomic mass is 16.3. The third-order valence-corrected chi connectivity index (χ3v) is 3.31. The van der Waals surface area contributed by atoms with Gasteiger partial charge in [0.1, 0.15) is 17.4 Å². The fourth-order valence-corrected chi connectivity index (χ4v) is 2.38. The second-order valence-corrected chi connectivity index (χ2v) is 4.65. The van der Waals surface area contributed by atoms with E-state index in [-0.39, 0.29) is 0 Å². The highest BCUT2D eigenvalue weighted by Crippen LogP contribution is 2.32. The first-order valence-corrected chi connectivity index (χ1v) is 6.14. The monoisotopic (exact) mass is 249 g/mol. The van der Waals surface area contributed by atoms with E-state index >= 15 is 0 Å². The van der Waals surface area contributed by atoms with Crippen LogP contribution in [-0.2, 0) is 0 Å². The fourth-order valence-electron chi connectivity index (χ4n) is 2.38. The van der Waals surface area contributed by atoms with E-state index in [4.69, 9.17) is 8.83 Å². The number of hydrogen-bond acceptors (Lipinski definition) is 3. The molecule has 2 heterocycles. The quantitative estimate of drug-likeness (QED) is 0.496. The molecule has 4 aromatic rings. The molecule has 0 aliphatic rings. The lowest BCUT2D eigenvalue weighted by atomic mass is 10.1. The summed E-state index contributed by atoms with van der Waals surface area (Å²) in [4.78, 5) is 4.15. The average molecular weight is 249 g/mol. The summed E-state index contributed by atoms with van der Waals surface area (Å²) in [6, 6.07) is 12.3. The van der Waals surface area contributed by atoms with Crippen molar-refractivity contribution in [2.24, 2.45) is 0 Å². The van der Waals surface area contributed by atoms with Crippen molar-refractivity contribution in [3.8, 4) is 11.5 Å². The van der Waals surface area contributed by atoms with Crippen LogP contribution in [0.4, 0.5) is 0 Å². The Bertz CT molecular complexity index is 872. The highest BCUT2D eigenvalue weighted by Gasteiger charge is 2.09. The lowest BCUT2D eigenvalue weighted by Gasteiger charge is -1.95. The molecule has 92 valence electrons. The molecular weight excluding hydrogens is 238 g/mol. The van der Waals surface area contributed by atoms with E-state index in [0.29, 0.717) is 5.89 Å². The van der Waals surface area contributed by atoms with E-state index in [1.54, 1.807) is 12.5 Å². The Morgan fingerprint density at radius 3 is 2.53 bits per heavy atom. The molecule has 3 heteroatoms. The first-order valence-electron chi connectivity index (χ1n) is 6.14. The number of oxazole rings is 1. The lowest BCUT2D eigenvalue weighted by molar-refractivity contribution is 0.574. The number of furan rings is 1. The Morgan fingerprint density at radius 2 is 1.74 bits per heavy atom. The van der Waals surface area contributed by atoms with E-state index in [9.17, 15) is 0 Å². The zero-order valence-electron chi connectivity index (χ0n) is 10.4. The summed E-state index contributed by atoms with van der Waals surface area (Å²) < 4.78 is 11.2. The van der Waals surface area contributed by atoms with Gasteiger partial charge in [0.25, 0.3) is 0 Å². The van der Waals surface area contributed by atoms with Crippen LogP contribution < -0.4 is 0 Å². The maximum Gasteiger partial charge on any atom is 0.225 e. The van der Waals surface area contributed by atoms with E-state index in [2.05, 4.69) is 36.2 Å². The van der Waals surface area contributed by atoms with Gasteiger partial charge in [0.15, 0.2) is 0 Å². The molecule has 3 nitrogen and oxygen atoms in total. The summed E-state index contributed by atoms with van der Waals surface area (Å²) in [5.41, 5.74) is 3.89. The summed E-state index contributed by atoms with van der Waals surface area (Å²) in [6.45, 7) is 2.06. The number of aromatic nitrogens is 1. The molecule has 0 unspecified atom stereocenters. The van der Waals surface area contributed by atoms with Crippen molar-refractivity contribution >= 4 is 21.9 Å². The average Bonchev–Trinajstić information content (AvgIpc) is 3.04. The van der Waals surface area contributed by atoms with Crippen molar-refractivity contribution in [2.45, 2.75) is 6.92 Å². The second-order valence-electron chi connectivity index (χ2n) is 4.65. The Labute approximate surface area is 109 Å². The molecule has 0 saturated heterocycles. The van der Waals surface area contributed by atoms with E-state index in [1.807, 2.05) is 12.1 Å². The maximum absolute atomic E-state index is 5.90. The van der Waals surface area contributed by atoms with Gasteiger partial charge in [0.05, 0.1) is 6.20 Å². The zero-order valence-corrected chi connectivity index (χ0v) is 10.4. The van der Waals surface area contributed by atoms with Crippen LogP contribution in [0.25, 0.3) is 33.4 Å². The molecular formula is C16H11NO2. The largest absolute Gasteiger partial charge is 0.456 e. The van der Waals surface area contributed by atoms with Crippen molar-refractivity contribution < 1.29 is 8.83 Å². The van der Waals surface area contributed by atoms with Crippen molar-refractivity contribution in [3.63, 3.8) is 0 Å². The summed E-state index contributed by atoms with van der Waals surface area (Å²) in [5, 5.41) is 2.25. The molecule has 0 spiro atoms. The van der Waals surface area contributed by atoms with Crippen molar-refractivity contribution in [2.75, 3.05) is 0 Å². The Morgan fingerprint density at radius 1 is 0.947 bits per heavy atom. The van der Waals surface area contributed by atoms with Gasteiger partial charge in [0, 0.05) is 16.3 Å². The number of fused-ring (bicyclic) bond motifs is 3. The minimum atomic E-state index is 0.610. The van der Waals surface area contributed by atoms with Crippen LogP contribution in [0.3, 0.4) is 0 Å². The van der Waals surface area contributed by atoms with Crippen LogP contribution >= 0.6 is 0 Å². The Balaban J connectivity index is 2.02. The molecule has 0 aliphatic carbocycles. The SMILES string of the molecule is Cc1ccc2c(c1)oc1cc(-c3ncco3)ccc12. The lowest BCUT2D eigenvalue weighted by Crippen LogP contribution is -1.76. The molecule has 0 bridgehead atoms. The maximum atomic E-state index is 5.90. The molecule has 0 aliphatic heterocycles. The van der Waals surface area contributed by atoms with Crippen LogP contribution in [0.15, 0.2) is 57.7 Å². The molecule has 0 atom stereocenters. The van der Waals surface area contributed by atoms with Crippen LogP contribution in [0.2, 0.25) is 0 Å². The van der Waals surface area contributed by atoms with Gasteiger partial charge in [-0.25, -0.2) is 4.98 Å². The Kier molecular flexibility index (Phi) is 2.03. The van der Waals surface area contributed by atoms with Gasteiger partial charge < -0.3 is 8.83 Å². The van der Waals surface area contributed by atoms with Gasteiger partial charge >= 0.3 is 0 Å². The van der Waals surface area contributed by atoms with Crippen LogP contribution in [0, 0.1) is 6.92 Å². The number of nitrogens with zero attached hydrogens (tertiary/aromatic N) is 1. The number of aryl methyl sites for hydroxylation is 1. The van der Waals surface area contributed by atoms with Crippen LogP contribution in [-0.4, -0.2) is 4.98 Å². The number of benzene rings is 2. The fraction of sp³-hybridized carbons (Fsp3) is 0.0625. The summed E-state index contributed by atoms with van der Waals surface area (Å²) in [6.07, 6.45) is 3.21. The molecule has 0 amide bonds. The van der Waals surface area contributed by atoms with Crippen molar-refractivity contribution in [1.29, 1.82) is 0 Å². The van der Waals surface area contributed by atoms with Gasteiger partial charge in [0.2, 0.25) is 5.89 Å². The first kappa shape index (κ1) is 10.4. The van der Waals surface area contributed by atoms with Crippen molar-refractivity contribution in [3.05, 3.63) is 54.4 Å². The second kappa shape index (κ2) is 3.72. The third-order valence-electron chi connectivity index (χ3n) is 3.31. The van der Waals surface area contributed by atoms with Gasteiger partial charge in [-0.05, 0) is 36.8 Å². The minimum Gasteiger partial charge on any atom is -0.456 e. The molecule has 2 aromatic carbocycles. The first-order chi connectivity index (χ1) is 9.31. The van der Waals surface area contributed by atoms with E-state index in [1.165, 1.54) is 5.56 Å². The zero-order chi connectivity index (χ0) is 12.8. The standard InChI is InChI=1S/C16H11NO2/c1-10-2-4-12-13-5-3-11(16-17-6-7-18-16)9-15(13)19-14(12)8-10/h2-9H,1H3. The molecule has 2 aromatic heterocycles. The molecule has 0 N–H and O–H groups in total. The van der Waals surface area contributed by atoms with E-state index in [0.717, 1.165) is 27.5 Å². The predicted octanol–water partition coefficient (Wildman–Crippen LogP) is 4.55. The van der Waals surface area contributed by atoms with Crippen molar-refractivity contribution in [1.82, 2.24) is 4.98 Å². The number of rotatable bonds is 1. The molecule has 19 heavy (non-hydrogen) atoms. The molecule has 0 fully saturated rings.